The van der Waals surface area contributed by atoms with Gasteiger partial charge in [-0.1, -0.05) is 6.92 Å². The zero-order chi connectivity index (χ0) is 27.0. The monoisotopic (exact) mass is 568 g/mol. The standard InChI is InChI=1S/C13H21FO4S.C13H21FO3S/c1-18-11(12(14)19(15,16)17)13-5-8-2-9(6-13)4-10(3-8)7-13;1-2-13(14,18(15,16)17)12-6-9-3-10(7-12)5-11(4-9)8-12/h8-12H,2-7H2,1H3,(H,15,16,17);9-11H,2-8H2,1H3,(H,15,16,17). The van der Waals surface area contributed by atoms with Crippen LogP contribution in [0.15, 0.2) is 0 Å². The Morgan fingerprint density at radius 1 is 0.811 bits per heavy atom. The number of rotatable bonds is 7. The zero-order valence-electron chi connectivity index (χ0n) is 21.8. The summed E-state index contributed by atoms with van der Waals surface area (Å²) in [4.78, 5) is 0. The highest BCUT2D eigenvalue weighted by atomic mass is 32.2. The Hall–Kier alpha value is -0.360. The molecule has 0 aromatic rings. The van der Waals surface area contributed by atoms with Crippen molar-refractivity contribution in [3.05, 3.63) is 0 Å². The quantitative estimate of drug-likeness (QED) is 0.386. The first-order valence-corrected chi connectivity index (χ1v) is 16.9. The molecule has 0 radical (unpaired) electrons. The molecule has 3 unspecified atom stereocenters. The third-order valence-electron chi connectivity index (χ3n) is 11.2. The molecule has 2 N–H and O–H groups in total. The fourth-order valence-electron chi connectivity index (χ4n) is 10.7. The zero-order valence-corrected chi connectivity index (χ0v) is 23.5. The topological polar surface area (TPSA) is 118 Å². The first-order valence-electron chi connectivity index (χ1n) is 13.9. The van der Waals surface area contributed by atoms with Crippen LogP contribution in [0.1, 0.15) is 90.4 Å². The summed E-state index contributed by atoms with van der Waals surface area (Å²) in [5.41, 5.74) is -3.53. The lowest BCUT2D eigenvalue weighted by Gasteiger charge is -2.60. The average molecular weight is 569 g/mol. The van der Waals surface area contributed by atoms with Crippen molar-refractivity contribution in [2.45, 2.75) is 107 Å². The lowest BCUT2D eigenvalue weighted by atomic mass is 9.48. The minimum Gasteiger partial charge on any atom is -0.377 e. The summed E-state index contributed by atoms with van der Waals surface area (Å²) in [6.45, 7) is 1.53. The second kappa shape index (κ2) is 9.35. The minimum absolute atomic E-state index is 0.141. The summed E-state index contributed by atoms with van der Waals surface area (Å²) in [6.07, 6.45) is 10.2. The SMILES string of the molecule is CCC(F)(C12CC3CC(CC(C3)C1)C2)S(=O)(=O)O.COC(C(F)S(=O)(=O)O)C12CC3CC(CC(C3)C1)C2. The van der Waals surface area contributed by atoms with Crippen LogP contribution in [0.2, 0.25) is 0 Å². The predicted molar refractivity (Wildman–Crippen MR) is 134 cm³/mol. The van der Waals surface area contributed by atoms with E-state index in [0.29, 0.717) is 54.8 Å². The van der Waals surface area contributed by atoms with Crippen molar-refractivity contribution in [2.75, 3.05) is 7.11 Å². The largest absolute Gasteiger partial charge is 0.377 e. The maximum Gasteiger partial charge on any atom is 0.300 e. The Morgan fingerprint density at radius 3 is 1.43 bits per heavy atom. The maximum atomic E-state index is 15.1. The van der Waals surface area contributed by atoms with E-state index in [0.717, 1.165) is 38.5 Å². The predicted octanol–water partition coefficient (Wildman–Crippen LogP) is 5.57. The van der Waals surface area contributed by atoms with E-state index in [-0.39, 0.29) is 6.42 Å². The molecule has 37 heavy (non-hydrogen) atoms. The van der Waals surface area contributed by atoms with Crippen molar-refractivity contribution >= 4 is 20.2 Å². The molecule has 8 bridgehead atoms. The normalized spacial score (nSPS) is 45.1. The van der Waals surface area contributed by atoms with Gasteiger partial charge >= 0.3 is 10.1 Å². The van der Waals surface area contributed by atoms with Gasteiger partial charge in [0.25, 0.3) is 15.6 Å². The first kappa shape index (κ1) is 28.2. The van der Waals surface area contributed by atoms with Crippen LogP contribution in [-0.2, 0) is 25.0 Å². The van der Waals surface area contributed by atoms with Gasteiger partial charge in [0.1, 0.15) is 6.10 Å². The second-order valence-electron chi connectivity index (χ2n) is 13.6. The Morgan fingerprint density at radius 2 is 1.16 bits per heavy atom. The molecule has 11 heteroatoms. The number of hydrogen-bond acceptors (Lipinski definition) is 5. The fourth-order valence-corrected chi connectivity index (χ4v) is 12.6. The lowest BCUT2D eigenvalue weighted by Crippen LogP contribution is -2.59. The van der Waals surface area contributed by atoms with E-state index in [1.165, 1.54) is 33.3 Å². The van der Waals surface area contributed by atoms with E-state index in [1.54, 1.807) is 0 Å². The van der Waals surface area contributed by atoms with Gasteiger partial charge in [0.15, 0.2) is 0 Å². The molecule has 8 fully saturated rings. The van der Waals surface area contributed by atoms with Crippen molar-refractivity contribution < 1.29 is 39.5 Å². The van der Waals surface area contributed by atoms with Crippen LogP contribution < -0.4 is 0 Å². The van der Waals surface area contributed by atoms with Crippen LogP contribution in [0.5, 0.6) is 0 Å². The first-order chi connectivity index (χ1) is 17.1. The molecule has 8 saturated carbocycles. The lowest BCUT2D eigenvalue weighted by molar-refractivity contribution is -0.143. The Balaban J connectivity index is 0.000000152. The van der Waals surface area contributed by atoms with Gasteiger partial charge in [0, 0.05) is 17.9 Å². The molecule has 0 aromatic heterocycles. The van der Waals surface area contributed by atoms with E-state index in [4.69, 9.17) is 9.29 Å². The van der Waals surface area contributed by atoms with Crippen molar-refractivity contribution in [1.29, 1.82) is 0 Å². The molecule has 8 aliphatic carbocycles. The van der Waals surface area contributed by atoms with Crippen molar-refractivity contribution in [3.63, 3.8) is 0 Å². The van der Waals surface area contributed by atoms with Crippen molar-refractivity contribution in [1.82, 2.24) is 0 Å². The highest BCUT2D eigenvalue weighted by Crippen LogP contribution is 2.66. The smallest absolute Gasteiger partial charge is 0.300 e. The van der Waals surface area contributed by atoms with Gasteiger partial charge < -0.3 is 4.74 Å². The number of halogens is 2. The van der Waals surface area contributed by atoms with Gasteiger partial charge in [-0.3, -0.25) is 9.11 Å². The van der Waals surface area contributed by atoms with E-state index < -0.39 is 47.7 Å². The molecular formula is C26H42F2O7S2. The number of hydrogen-bond donors (Lipinski definition) is 2. The average Bonchev–Trinajstić information content (AvgIpc) is 2.76. The molecular weight excluding hydrogens is 526 g/mol. The highest BCUT2D eigenvalue weighted by molar-refractivity contribution is 7.87. The number of alkyl halides is 2. The Kier molecular flexibility index (Phi) is 7.12. The van der Waals surface area contributed by atoms with E-state index in [9.17, 15) is 25.8 Å². The summed E-state index contributed by atoms with van der Waals surface area (Å²) in [5.74, 6) is 3.16. The molecule has 7 nitrogen and oxygen atoms in total. The number of ether oxygens (including phenoxy) is 1. The fraction of sp³-hybridized carbons (Fsp3) is 1.00. The summed E-state index contributed by atoms with van der Waals surface area (Å²) in [5, 5.41) is -2.43. The third-order valence-corrected chi connectivity index (χ3v) is 13.5. The Labute approximate surface area is 220 Å². The van der Waals surface area contributed by atoms with Gasteiger partial charge in [-0.05, 0) is 119 Å². The van der Waals surface area contributed by atoms with Gasteiger partial charge in [-0.2, -0.15) is 16.8 Å². The summed E-state index contributed by atoms with van der Waals surface area (Å²) >= 11 is 0. The van der Waals surface area contributed by atoms with Crippen LogP contribution >= 0.6 is 0 Å². The number of methoxy groups -OCH3 is 1. The summed E-state index contributed by atoms with van der Waals surface area (Å²) < 4.78 is 98.3. The molecule has 0 aromatic carbocycles. The van der Waals surface area contributed by atoms with E-state index in [1.807, 2.05) is 0 Å². The van der Waals surface area contributed by atoms with Crippen LogP contribution in [0.25, 0.3) is 0 Å². The highest BCUT2D eigenvalue weighted by Gasteiger charge is 2.66. The molecule has 0 amide bonds. The Bertz CT molecular complexity index is 1020. The summed E-state index contributed by atoms with van der Waals surface area (Å²) in [7, 11) is -7.99. The van der Waals surface area contributed by atoms with E-state index in [2.05, 4.69) is 0 Å². The van der Waals surface area contributed by atoms with Gasteiger partial charge in [-0.25, -0.2) is 8.78 Å². The molecule has 0 aliphatic heterocycles. The molecule has 0 spiro atoms. The molecule has 3 atom stereocenters. The van der Waals surface area contributed by atoms with Gasteiger partial charge in [0.2, 0.25) is 5.00 Å². The molecule has 214 valence electrons. The second-order valence-corrected chi connectivity index (χ2v) is 16.6. The van der Waals surface area contributed by atoms with Gasteiger partial charge in [-0.15, -0.1) is 0 Å². The van der Waals surface area contributed by atoms with Crippen LogP contribution in [0.3, 0.4) is 0 Å². The summed E-state index contributed by atoms with van der Waals surface area (Å²) in [6, 6.07) is 0. The van der Waals surface area contributed by atoms with Crippen molar-refractivity contribution in [2.24, 2.45) is 46.3 Å². The van der Waals surface area contributed by atoms with Crippen LogP contribution in [-0.4, -0.2) is 49.7 Å². The van der Waals surface area contributed by atoms with Gasteiger partial charge in [0.05, 0.1) is 0 Å². The van der Waals surface area contributed by atoms with Crippen LogP contribution in [0, 0.1) is 46.3 Å². The van der Waals surface area contributed by atoms with Crippen LogP contribution in [0.4, 0.5) is 8.78 Å². The van der Waals surface area contributed by atoms with Crippen molar-refractivity contribution in [3.8, 4) is 0 Å². The third kappa shape index (κ3) is 4.70. The molecule has 8 rings (SSSR count). The molecule has 0 heterocycles. The molecule has 0 saturated heterocycles. The van der Waals surface area contributed by atoms with E-state index >= 15 is 4.39 Å². The molecule has 8 aliphatic rings. The minimum atomic E-state index is -4.70. The maximum absolute atomic E-state index is 15.1.